The van der Waals surface area contributed by atoms with E-state index in [1.54, 1.807) is 69.3 Å². The van der Waals surface area contributed by atoms with Crippen LogP contribution in [0.3, 0.4) is 0 Å². The van der Waals surface area contributed by atoms with Crippen molar-refractivity contribution in [1.82, 2.24) is 4.90 Å². The Bertz CT molecular complexity index is 831. The number of hydrogen-bond donors (Lipinski definition) is 2. The highest BCUT2D eigenvalue weighted by atomic mass is 16.6. The van der Waals surface area contributed by atoms with Crippen LogP contribution in [0.2, 0.25) is 0 Å². The maximum atomic E-state index is 12.8. The van der Waals surface area contributed by atoms with Gasteiger partial charge in [-0.2, -0.15) is 0 Å². The number of imide groups is 1. The third-order valence-corrected chi connectivity index (χ3v) is 4.74. The fourth-order valence-electron chi connectivity index (χ4n) is 3.55. The maximum Gasteiger partial charge on any atom is 0.417 e. The van der Waals surface area contributed by atoms with Gasteiger partial charge in [0.15, 0.2) is 0 Å². The van der Waals surface area contributed by atoms with Crippen LogP contribution < -0.4 is 0 Å². The lowest BCUT2D eigenvalue weighted by Gasteiger charge is -2.32. The first-order chi connectivity index (χ1) is 13.2. The van der Waals surface area contributed by atoms with Crippen molar-refractivity contribution in [1.29, 1.82) is 0 Å². The predicted molar refractivity (Wildman–Crippen MR) is 103 cm³/mol. The van der Waals surface area contributed by atoms with Gasteiger partial charge in [0.2, 0.25) is 0 Å². The van der Waals surface area contributed by atoms with Crippen LogP contribution in [0.1, 0.15) is 43.9 Å². The monoisotopic (exact) mass is 383 g/mol. The minimum absolute atomic E-state index is 0.545. The van der Waals surface area contributed by atoms with Crippen molar-refractivity contribution >= 4 is 12.0 Å². The fourth-order valence-corrected chi connectivity index (χ4v) is 3.55. The smallest absolute Gasteiger partial charge is 0.417 e. The Labute approximate surface area is 164 Å². The predicted octanol–water partition coefficient (Wildman–Crippen LogP) is 3.01. The van der Waals surface area contributed by atoms with Gasteiger partial charge in [0.05, 0.1) is 6.04 Å². The molecule has 0 aliphatic carbocycles. The van der Waals surface area contributed by atoms with Crippen LogP contribution in [-0.4, -0.2) is 44.9 Å². The van der Waals surface area contributed by atoms with E-state index in [2.05, 4.69) is 0 Å². The van der Waals surface area contributed by atoms with Crippen LogP contribution in [-0.2, 0) is 9.53 Å². The Morgan fingerprint density at radius 2 is 1.57 bits per heavy atom. The molecule has 0 aromatic heterocycles. The van der Waals surface area contributed by atoms with Crippen LogP contribution in [0, 0.1) is 0 Å². The Kier molecular flexibility index (Phi) is 5.54. The second kappa shape index (κ2) is 7.73. The van der Waals surface area contributed by atoms with Crippen LogP contribution in [0.4, 0.5) is 4.79 Å². The van der Waals surface area contributed by atoms with Gasteiger partial charge in [-0.25, -0.2) is 9.69 Å². The summed E-state index contributed by atoms with van der Waals surface area (Å²) in [7, 11) is 0. The van der Waals surface area contributed by atoms with E-state index < -0.39 is 41.8 Å². The third-order valence-electron chi connectivity index (χ3n) is 4.74. The Hall–Kier alpha value is -2.70. The molecule has 6 nitrogen and oxygen atoms in total. The highest BCUT2D eigenvalue weighted by Crippen LogP contribution is 2.41. The van der Waals surface area contributed by atoms with Crippen LogP contribution in [0.5, 0.6) is 0 Å². The molecule has 2 aromatic carbocycles. The second-order valence-electron chi connectivity index (χ2n) is 7.92. The normalized spacial score (nSPS) is 23.5. The summed E-state index contributed by atoms with van der Waals surface area (Å²) in [6, 6.07) is 16.7. The summed E-state index contributed by atoms with van der Waals surface area (Å²) in [5.41, 5.74) is 0.383. The molecular formula is C22H25NO5. The van der Waals surface area contributed by atoms with E-state index in [1.165, 1.54) is 0 Å². The average Bonchev–Trinajstić information content (AvgIpc) is 2.92. The molecule has 0 radical (unpaired) electrons. The molecule has 6 heteroatoms. The standard InChI is InChI=1S/C22H25NO5/c1-22(2,3)28-21(27)23-17(18(24)15-12-8-5-9-13-15)16(19(25)20(23)26)14-10-6-4-7-11-14/h4-13,16-19,24-25H,1-3H3/t16-,17+,18-,19+/m0/s1. The number of likely N-dealkylation sites (tertiary alicyclic amines) is 1. The van der Waals surface area contributed by atoms with Crippen LogP contribution >= 0.6 is 0 Å². The molecule has 0 bridgehead atoms. The summed E-state index contributed by atoms with van der Waals surface area (Å²) in [5.74, 6) is -1.56. The van der Waals surface area contributed by atoms with Crippen molar-refractivity contribution in [3.63, 3.8) is 0 Å². The largest absolute Gasteiger partial charge is 0.443 e. The SMILES string of the molecule is CC(C)(C)OC(=O)N1C(=O)[C@H](O)[C@@H](c2ccccc2)[C@@H]1[C@@H](O)c1ccccc1. The highest BCUT2D eigenvalue weighted by Gasteiger charge is 2.54. The molecule has 148 valence electrons. The van der Waals surface area contributed by atoms with E-state index in [9.17, 15) is 19.8 Å². The molecule has 1 aliphatic heterocycles. The number of aliphatic hydroxyl groups is 2. The van der Waals surface area contributed by atoms with Gasteiger partial charge < -0.3 is 14.9 Å². The summed E-state index contributed by atoms with van der Waals surface area (Å²) >= 11 is 0. The maximum absolute atomic E-state index is 12.8. The quantitative estimate of drug-likeness (QED) is 0.851. The number of nitrogens with zero attached hydrogens (tertiary/aromatic N) is 1. The first kappa shape index (κ1) is 20.0. The summed E-state index contributed by atoms with van der Waals surface area (Å²) in [4.78, 5) is 26.5. The van der Waals surface area contributed by atoms with Gasteiger partial charge in [-0.3, -0.25) is 4.79 Å². The number of rotatable bonds is 3. The lowest BCUT2D eigenvalue weighted by Crippen LogP contribution is -2.46. The lowest BCUT2D eigenvalue weighted by molar-refractivity contribution is -0.135. The molecule has 3 rings (SSSR count). The zero-order valence-electron chi connectivity index (χ0n) is 16.1. The third kappa shape index (κ3) is 3.93. The summed E-state index contributed by atoms with van der Waals surface area (Å²) in [5, 5.41) is 21.8. The number of carbonyl (C=O) groups excluding carboxylic acids is 2. The van der Waals surface area contributed by atoms with Crippen molar-refractivity contribution in [3.05, 3.63) is 71.8 Å². The molecule has 0 unspecified atom stereocenters. The minimum atomic E-state index is -1.46. The fraction of sp³-hybridized carbons (Fsp3) is 0.364. The number of ether oxygens (including phenoxy) is 1. The van der Waals surface area contributed by atoms with Gasteiger partial charge in [0, 0.05) is 5.92 Å². The molecule has 4 atom stereocenters. The molecule has 1 aliphatic rings. The highest BCUT2D eigenvalue weighted by molar-refractivity contribution is 5.98. The number of benzene rings is 2. The molecule has 2 aromatic rings. The van der Waals surface area contributed by atoms with Crippen molar-refractivity contribution in [3.8, 4) is 0 Å². The van der Waals surface area contributed by atoms with E-state index in [0.717, 1.165) is 4.90 Å². The zero-order valence-corrected chi connectivity index (χ0v) is 16.1. The zero-order chi connectivity index (χ0) is 20.5. The molecule has 28 heavy (non-hydrogen) atoms. The Morgan fingerprint density at radius 1 is 1.04 bits per heavy atom. The summed E-state index contributed by atoms with van der Waals surface area (Å²) in [6.45, 7) is 5.08. The molecule has 2 N–H and O–H groups in total. The van der Waals surface area contributed by atoms with Gasteiger partial charge >= 0.3 is 6.09 Å². The van der Waals surface area contributed by atoms with Gasteiger partial charge in [-0.1, -0.05) is 60.7 Å². The Balaban J connectivity index is 2.06. The van der Waals surface area contributed by atoms with Crippen molar-refractivity contribution < 1.29 is 24.5 Å². The average molecular weight is 383 g/mol. The van der Waals surface area contributed by atoms with Crippen LogP contribution in [0.15, 0.2) is 60.7 Å². The van der Waals surface area contributed by atoms with Crippen molar-refractivity contribution in [2.75, 3.05) is 0 Å². The number of carbonyl (C=O) groups is 2. The summed E-state index contributed by atoms with van der Waals surface area (Å²) in [6.07, 6.45) is -3.52. The van der Waals surface area contributed by atoms with E-state index in [-0.39, 0.29) is 0 Å². The van der Waals surface area contributed by atoms with E-state index in [4.69, 9.17) is 4.74 Å². The van der Waals surface area contributed by atoms with E-state index >= 15 is 0 Å². The minimum Gasteiger partial charge on any atom is -0.443 e. The first-order valence-corrected chi connectivity index (χ1v) is 9.23. The molecular weight excluding hydrogens is 358 g/mol. The number of hydrogen-bond acceptors (Lipinski definition) is 5. The lowest BCUT2D eigenvalue weighted by atomic mass is 9.85. The van der Waals surface area contributed by atoms with Gasteiger partial charge in [0.25, 0.3) is 5.91 Å². The van der Waals surface area contributed by atoms with Crippen molar-refractivity contribution in [2.24, 2.45) is 0 Å². The molecule has 0 saturated carbocycles. The molecule has 2 amide bonds. The van der Waals surface area contributed by atoms with Crippen LogP contribution in [0.25, 0.3) is 0 Å². The van der Waals surface area contributed by atoms with E-state index in [1.807, 2.05) is 12.1 Å². The first-order valence-electron chi connectivity index (χ1n) is 9.23. The molecule has 1 heterocycles. The van der Waals surface area contributed by atoms with Gasteiger partial charge in [0.1, 0.15) is 17.8 Å². The molecule has 1 fully saturated rings. The number of aliphatic hydroxyl groups excluding tert-OH is 2. The topological polar surface area (TPSA) is 87.1 Å². The number of amides is 2. The summed E-state index contributed by atoms with van der Waals surface area (Å²) < 4.78 is 5.38. The molecule has 1 saturated heterocycles. The van der Waals surface area contributed by atoms with Gasteiger partial charge in [-0.15, -0.1) is 0 Å². The van der Waals surface area contributed by atoms with Gasteiger partial charge in [-0.05, 0) is 31.9 Å². The molecule has 0 spiro atoms. The second-order valence-corrected chi connectivity index (χ2v) is 7.92. The Morgan fingerprint density at radius 3 is 2.11 bits per heavy atom. The van der Waals surface area contributed by atoms with E-state index in [0.29, 0.717) is 11.1 Å². The van der Waals surface area contributed by atoms with Crippen molar-refractivity contribution in [2.45, 2.75) is 50.5 Å².